The van der Waals surface area contributed by atoms with E-state index in [1.807, 2.05) is 0 Å². The summed E-state index contributed by atoms with van der Waals surface area (Å²) in [5.74, 6) is -0.844. The van der Waals surface area contributed by atoms with E-state index < -0.39 is 11.9 Å². The van der Waals surface area contributed by atoms with Gasteiger partial charge >= 0.3 is 11.9 Å². The number of methoxy groups -OCH3 is 1. The maximum Gasteiger partial charge on any atom is 0.325 e. The average molecular weight is 345 g/mol. The fraction of sp³-hybridized carbons (Fsp3) is 0.222. The minimum atomic E-state index is -1.05. The Balaban J connectivity index is 1.98. The number of anilines is 1. The minimum absolute atomic E-state index is 0.0443. The fourth-order valence-corrected chi connectivity index (χ4v) is 2.15. The van der Waals surface area contributed by atoms with Gasteiger partial charge in [0, 0.05) is 5.69 Å². The molecule has 7 nitrogen and oxygen atoms in total. The third kappa shape index (κ3) is 5.72. The smallest absolute Gasteiger partial charge is 0.325 e. The van der Waals surface area contributed by atoms with Crippen molar-refractivity contribution < 1.29 is 29.3 Å². The van der Waals surface area contributed by atoms with E-state index in [0.29, 0.717) is 11.4 Å². The lowest BCUT2D eigenvalue weighted by Crippen LogP contribution is -2.35. The molecule has 0 aliphatic heterocycles. The molecule has 2 aromatic rings. The molecule has 0 amide bonds. The Hall–Kier alpha value is -3.22. The maximum atomic E-state index is 12.0. The van der Waals surface area contributed by atoms with Crippen molar-refractivity contribution >= 4 is 17.6 Å². The molecule has 0 aliphatic carbocycles. The Morgan fingerprint density at radius 3 is 2.20 bits per heavy atom. The first-order valence-corrected chi connectivity index (χ1v) is 7.52. The predicted octanol–water partition coefficient (Wildman–Crippen LogP) is 2.04. The first-order valence-electron chi connectivity index (χ1n) is 7.52. The number of aromatic hydroxyl groups is 1. The molecule has 0 bridgehead atoms. The number of phenolic OH excluding ortho intramolecular Hbond substituents is 1. The summed E-state index contributed by atoms with van der Waals surface area (Å²) in [5, 5.41) is 18.3. The molecule has 2 N–H and O–H groups in total. The van der Waals surface area contributed by atoms with Crippen molar-refractivity contribution in [3.05, 3.63) is 54.1 Å². The van der Waals surface area contributed by atoms with E-state index in [-0.39, 0.29) is 25.4 Å². The van der Waals surface area contributed by atoms with Crippen LogP contribution in [0.4, 0.5) is 5.69 Å². The fourth-order valence-electron chi connectivity index (χ4n) is 2.15. The molecule has 0 radical (unpaired) electrons. The second kappa shape index (κ2) is 8.58. The van der Waals surface area contributed by atoms with Crippen molar-refractivity contribution in [3.63, 3.8) is 0 Å². The van der Waals surface area contributed by atoms with Gasteiger partial charge in [0.1, 0.15) is 31.2 Å². The Morgan fingerprint density at radius 1 is 1.00 bits per heavy atom. The molecule has 0 aliphatic rings. The van der Waals surface area contributed by atoms with Gasteiger partial charge in [0.25, 0.3) is 0 Å². The number of carboxylic acid groups (broad SMARTS) is 1. The molecule has 0 saturated carbocycles. The Bertz CT molecular complexity index is 711. The van der Waals surface area contributed by atoms with Gasteiger partial charge in [0.2, 0.25) is 0 Å². The summed E-state index contributed by atoms with van der Waals surface area (Å²) in [6.07, 6.45) is 0. The summed E-state index contributed by atoms with van der Waals surface area (Å²) < 4.78 is 10.2. The molecule has 0 aromatic heterocycles. The van der Waals surface area contributed by atoms with Gasteiger partial charge in [-0.3, -0.25) is 9.59 Å². The topological polar surface area (TPSA) is 96.3 Å². The third-order valence-corrected chi connectivity index (χ3v) is 3.42. The van der Waals surface area contributed by atoms with E-state index in [4.69, 9.17) is 14.6 Å². The number of benzene rings is 2. The lowest BCUT2D eigenvalue weighted by Gasteiger charge is -2.22. The summed E-state index contributed by atoms with van der Waals surface area (Å²) in [6.45, 7) is -0.486. The van der Waals surface area contributed by atoms with Crippen LogP contribution in [-0.4, -0.2) is 42.4 Å². The number of phenols is 1. The zero-order valence-corrected chi connectivity index (χ0v) is 13.7. The van der Waals surface area contributed by atoms with Crippen LogP contribution in [-0.2, 0) is 20.9 Å². The molecular weight excluding hydrogens is 326 g/mol. The van der Waals surface area contributed by atoms with Gasteiger partial charge in [0.05, 0.1) is 7.11 Å². The van der Waals surface area contributed by atoms with Crippen molar-refractivity contribution in [1.29, 1.82) is 0 Å². The van der Waals surface area contributed by atoms with E-state index in [9.17, 15) is 14.7 Å². The van der Waals surface area contributed by atoms with E-state index in [1.54, 1.807) is 36.4 Å². The molecule has 0 unspecified atom stereocenters. The van der Waals surface area contributed by atoms with Crippen LogP contribution in [0.2, 0.25) is 0 Å². The summed E-state index contributed by atoms with van der Waals surface area (Å²) in [6, 6.07) is 13.0. The molecule has 2 rings (SSSR count). The highest BCUT2D eigenvalue weighted by molar-refractivity contribution is 5.80. The van der Waals surface area contributed by atoms with Gasteiger partial charge in [-0.05, 0) is 42.0 Å². The van der Waals surface area contributed by atoms with Crippen molar-refractivity contribution in [2.24, 2.45) is 0 Å². The Morgan fingerprint density at radius 2 is 1.64 bits per heavy atom. The van der Waals surface area contributed by atoms with Crippen LogP contribution in [0.3, 0.4) is 0 Å². The summed E-state index contributed by atoms with van der Waals surface area (Å²) in [4.78, 5) is 24.5. The molecule has 25 heavy (non-hydrogen) atoms. The van der Waals surface area contributed by atoms with E-state index in [1.165, 1.54) is 24.1 Å². The van der Waals surface area contributed by atoms with Crippen LogP contribution < -0.4 is 9.64 Å². The number of rotatable bonds is 8. The monoisotopic (exact) mass is 345 g/mol. The van der Waals surface area contributed by atoms with Crippen molar-refractivity contribution in [3.8, 4) is 11.5 Å². The third-order valence-electron chi connectivity index (χ3n) is 3.42. The average Bonchev–Trinajstić information content (AvgIpc) is 2.60. The molecule has 132 valence electrons. The molecule has 0 atom stereocenters. The Kier molecular flexibility index (Phi) is 6.22. The van der Waals surface area contributed by atoms with Gasteiger partial charge in [0.15, 0.2) is 0 Å². The van der Waals surface area contributed by atoms with Gasteiger partial charge in [-0.15, -0.1) is 0 Å². The maximum absolute atomic E-state index is 12.0. The number of aliphatic carboxylic acids is 1. The predicted molar refractivity (Wildman–Crippen MR) is 90.7 cm³/mol. The van der Waals surface area contributed by atoms with Crippen LogP contribution in [0.5, 0.6) is 11.5 Å². The quantitative estimate of drug-likeness (QED) is 0.707. The molecule has 0 spiro atoms. The number of ether oxygens (including phenoxy) is 2. The van der Waals surface area contributed by atoms with Crippen LogP contribution in [0.25, 0.3) is 0 Å². The zero-order valence-electron chi connectivity index (χ0n) is 13.7. The number of carboxylic acids is 1. The van der Waals surface area contributed by atoms with Crippen molar-refractivity contribution in [1.82, 2.24) is 0 Å². The summed E-state index contributed by atoms with van der Waals surface area (Å²) >= 11 is 0. The summed E-state index contributed by atoms with van der Waals surface area (Å²) in [7, 11) is 1.53. The normalized spacial score (nSPS) is 10.1. The molecule has 2 aromatic carbocycles. The van der Waals surface area contributed by atoms with Crippen LogP contribution in [0.1, 0.15) is 5.56 Å². The number of nitrogens with zero attached hydrogens (tertiary/aromatic N) is 1. The Labute approximate surface area is 145 Å². The lowest BCUT2D eigenvalue weighted by molar-refractivity contribution is -0.143. The standard InChI is InChI=1S/C18H19NO6/c1-24-16-8-4-14(5-9-16)19(10-17(21)22)11-18(23)25-12-13-2-6-15(20)7-3-13/h2-9,20H,10-12H2,1H3,(H,21,22). The first kappa shape index (κ1) is 18.1. The minimum Gasteiger partial charge on any atom is -0.508 e. The SMILES string of the molecule is COc1ccc(N(CC(=O)O)CC(=O)OCc2ccc(O)cc2)cc1. The lowest BCUT2D eigenvalue weighted by atomic mass is 10.2. The number of carbonyl (C=O) groups is 2. The summed E-state index contributed by atoms with van der Waals surface area (Å²) in [5.41, 5.74) is 1.30. The van der Waals surface area contributed by atoms with Crippen LogP contribution in [0, 0.1) is 0 Å². The molecular formula is C18H19NO6. The van der Waals surface area contributed by atoms with E-state index >= 15 is 0 Å². The van der Waals surface area contributed by atoms with E-state index in [0.717, 1.165) is 5.56 Å². The first-order chi connectivity index (χ1) is 12.0. The van der Waals surface area contributed by atoms with Gasteiger partial charge in [-0.25, -0.2) is 0 Å². The van der Waals surface area contributed by atoms with Gasteiger partial charge < -0.3 is 24.6 Å². The molecule has 0 saturated heterocycles. The highest BCUT2D eigenvalue weighted by atomic mass is 16.5. The molecule has 0 heterocycles. The second-order valence-electron chi connectivity index (χ2n) is 5.27. The largest absolute Gasteiger partial charge is 0.508 e. The number of esters is 1. The van der Waals surface area contributed by atoms with Gasteiger partial charge in [-0.2, -0.15) is 0 Å². The van der Waals surface area contributed by atoms with E-state index in [2.05, 4.69) is 0 Å². The second-order valence-corrected chi connectivity index (χ2v) is 5.27. The number of carbonyl (C=O) groups excluding carboxylic acids is 1. The van der Waals surface area contributed by atoms with Crippen LogP contribution in [0.15, 0.2) is 48.5 Å². The highest BCUT2D eigenvalue weighted by Gasteiger charge is 2.16. The van der Waals surface area contributed by atoms with Crippen molar-refractivity contribution in [2.75, 3.05) is 25.1 Å². The highest BCUT2D eigenvalue weighted by Crippen LogP contribution is 2.19. The number of hydrogen-bond acceptors (Lipinski definition) is 6. The van der Waals surface area contributed by atoms with Gasteiger partial charge in [-0.1, -0.05) is 12.1 Å². The number of hydrogen-bond donors (Lipinski definition) is 2. The molecule has 7 heteroatoms. The zero-order chi connectivity index (χ0) is 18.2. The molecule has 0 fully saturated rings. The van der Waals surface area contributed by atoms with Crippen LogP contribution >= 0.6 is 0 Å². The van der Waals surface area contributed by atoms with Crippen molar-refractivity contribution in [2.45, 2.75) is 6.61 Å².